The van der Waals surface area contributed by atoms with Gasteiger partial charge in [-0.25, -0.2) is 0 Å². The minimum Gasteiger partial charge on any atom is -0.489 e. The van der Waals surface area contributed by atoms with Crippen molar-refractivity contribution in [2.75, 3.05) is 26.8 Å². The summed E-state index contributed by atoms with van der Waals surface area (Å²) in [5, 5.41) is 3.14. The Morgan fingerprint density at radius 3 is 2.52 bits per heavy atom. The lowest BCUT2D eigenvalue weighted by Gasteiger charge is -2.31. The standard InChI is InChI=1S/C31H46N2O8.ClH/c1-20(2)23(29(36)41-31(3,4)5)17-28(35)39-15-8-7-12-27(34)33-14-13-21-10-9-11-26(24(21)19-33)40-22-16-25(32-18-22)30(37)38-6;/h9-11,20,22-23,25,32H,7-8,12-19H2,1-6H3;1H/t22-,23+,25+;/m1./s1. The molecule has 1 saturated heterocycles. The quantitative estimate of drug-likeness (QED) is 0.213. The van der Waals surface area contributed by atoms with Gasteiger partial charge in [0.2, 0.25) is 5.91 Å². The number of hydrogen-bond acceptors (Lipinski definition) is 9. The van der Waals surface area contributed by atoms with Crippen molar-refractivity contribution in [3.05, 3.63) is 29.3 Å². The van der Waals surface area contributed by atoms with Crippen molar-refractivity contribution >= 4 is 36.2 Å². The van der Waals surface area contributed by atoms with E-state index in [0.717, 1.165) is 17.7 Å². The van der Waals surface area contributed by atoms with Crippen molar-refractivity contribution in [2.24, 2.45) is 11.8 Å². The van der Waals surface area contributed by atoms with Gasteiger partial charge in [-0.2, -0.15) is 0 Å². The van der Waals surface area contributed by atoms with Crippen LogP contribution in [0.5, 0.6) is 5.75 Å². The second-order valence-electron chi connectivity index (χ2n) is 12.2. The van der Waals surface area contributed by atoms with Gasteiger partial charge >= 0.3 is 17.9 Å². The number of nitrogens with one attached hydrogen (secondary N) is 1. The zero-order valence-corrected chi connectivity index (χ0v) is 26.6. The molecule has 0 bridgehead atoms. The van der Waals surface area contributed by atoms with Crippen LogP contribution in [0.4, 0.5) is 0 Å². The molecule has 11 heteroatoms. The molecule has 3 atom stereocenters. The summed E-state index contributed by atoms with van der Waals surface area (Å²) in [6, 6.07) is 5.57. The molecule has 2 heterocycles. The van der Waals surface area contributed by atoms with Crippen LogP contribution in [0, 0.1) is 11.8 Å². The zero-order valence-electron chi connectivity index (χ0n) is 25.7. The molecule has 0 saturated carbocycles. The van der Waals surface area contributed by atoms with E-state index in [2.05, 4.69) is 11.4 Å². The van der Waals surface area contributed by atoms with Crippen LogP contribution in [0.1, 0.15) is 77.8 Å². The first-order valence-corrected chi connectivity index (χ1v) is 14.6. The molecule has 236 valence electrons. The number of ether oxygens (including phenoxy) is 4. The van der Waals surface area contributed by atoms with Gasteiger partial charge in [-0.15, -0.1) is 12.4 Å². The smallest absolute Gasteiger partial charge is 0.323 e. The van der Waals surface area contributed by atoms with Crippen molar-refractivity contribution in [2.45, 2.75) is 97.4 Å². The summed E-state index contributed by atoms with van der Waals surface area (Å²) in [7, 11) is 1.38. The van der Waals surface area contributed by atoms with E-state index in [9.17, 15) is 19.2 Å². The normalized spacial score (nSPS) is 18.9. The van der Waals surface area contributed by atoms with Crippen molar-refractivity contribution in [1.29, 1.82) is 0 Å². The Bertz CT molecular complexity index is 1090. The van der Waals surface area contributed by atoms with Gasteiger partial charge in [0.25, 0.3) is 0 Å². The summed E-state index contributed by atoms with van der Waals surface area (Å²) in [6.07, 6.45) is 2.61. The molecule has 0 aromatic heterocycles. The fourth-order valence-corrected chi connectivity index (χ4v) is 5.10. The molecule has 10 nitrogen and oxygen atoms in total. The van der Waals surface area contributed by atoms with Crippen molar-refractivity contribution < 1.29 is 38.1 Å². The Labute approximate surface area is 255 Å². The van der Waals surface area contributed by atoms with Gasteiger partial charge in [0, 0.05) is 38.0 Å². The molecule has 3 rings (SSSR count). The fourth-order valence-electron chi connectivity index (χ4n) is 5.10. The van der Waals surface area contributed by atoms with E-state index >= 15 is 0 Å². The van der Waals surface area contributed by atoms with Gasteiger partial charge in [-0.05, 0) is 57.6 Å². The number of amides is 1. The predicted molar refractivity (Wildman–Crippen MR) is 159 cm³/mol. The van der Waals surface area contributed by atoms with Crippen molar-refractivity contribution in [3.63, 3.8) is 0 Å². The van der Waals surface area contributed by atoms with Gasteiger partial charge < -0.3 is 29.2 Å². The van der Waals surface area contributed by atoms with E-state index in [-0.39, 0.29) is 55.4 Å². The zero-order chi connectivity index (χ0) is 30.2. The molecule has 1 fully saturated rings. The molecule has 1 N–H and O–H groups in total. The van der Waals surface area contributed by atoms with Crippen LogP contribution < -0.4 is 10.1 Å². The van der Waals surface area contributed by atoms with E-state index in [1.807, 2.05) is 30.9 Å². The number of carbonyl (C=O) groups excluding carboxylic acids is 4. The highest BCUT2D eigenvalue weighted by molar-refractivity contribution is 5.85. The number of rotatable bonds is 12. The maximum Gasteiger partial charge on any atom is 0.323 e. The molecule has 2 aliphatic heterocycles. The highest BCUT2D eigenvalue weighted by atomic mass is 35.5. The Morgan fingerprint density at radius 1 is 1.12 bits per heavy atom. The third kappa shape index (κ3) is 10.5. The first-order chi connectivity index (χ1) is 19.4. The molecule has 2 aliphatic rings. The van der Waals surface area contributed by atoms with Gasteiger partial charge in [0.15, 0.2) is 0 Å². The Balaban J connectivity index is 0.00000616. The Hall–Kier alpha value is -2.85. The number of nitrogens with zero attached hydrogens (tertiary/aromatic N) is 1. The van der Waals surface area contributed by atoms with Crippen LogP contribution in [0.2, 0.25) is 0 Å². The third-order valence-electron chi connectivity index (χ3n) is 7.40. The molecular weight excluding hydrogens is 564 g/mol. The molecule has 0 radical (unpaired) electrons. The Morgan fingerprint density at radius 2 is 1.86 bits per heavy atom. The van der Waals surface area contributed by atoms with Gasteiger partial charge in [0.05, 0.1) is 26.1 Å². The predicted octanol–water partition coefficient (Wildman–Crippen LogP) is 3.99. The Kier molecular flexibility index (Phi) is 13.6. The number of unbranched alkanes of at least 4 members (excludes halogenated alkanes) is 1. The molecule has 0 unspecified atom stereocenters. The average molecular weight is 611 g/mol. The lowest BCUT2D eigenvalue weighted by atomic mass is 9.92. The number of halogens is 1. The van der Waals surface area contributed by atoms with Crippen molar-refractivity contribution in [3.8, 4) is 5.75 Å². The van der Waals surface area contributed by atoms with E-state index < -0.39 is 23.5 Å². The van der Waals surface area contributed by atoms with Crippen LogP contribution >= 0.6 is 12.4 Å². The molecular formula is C31H47ClN2O8. The molecule has 1 amide bonds. The van der Waals surface area contributed by atoms with Crippen molar-refractivity contribution in [1.82, 2.24) is 10.2 Å². The van der Waals surface area contributed by atoms with E-state index in [1.54, 1.807) is 20.8 Å². The first kappa shape index (κ1) is 35.3. The maximum absolute atomic E-state index is 13.0. The van der Waals surface area contributed by atoms with Crippen LogP contribution in [0.25, 0.3) is 0 Å². The van der Waals surface area contributed by atoms with Crippen LogP contribution in [-0.4, -0.2) is 73.3 Å². The summed E-state index contributed by atoms with van der Waals surface area (Å²) in [5.74, 6) is -0.933. The van der Waals surface area contributed by atoms with E-state index in [4.69, 9.17) is 18.9 Å². The molecule has 0 spiro atoms. The second kappa shape index (κ2) is 16.1. The average Bonchev–Trinajstić information content (AvgIpc) is 3.38. The van der Waals surface area contributed by atoms with Crippen LogP contribution in [-0.2, 0) is 46.4 Å². The lowest BCUT2D eigenvalue weighted by Crippen LogP contribution is -2.36. The molecule has 1 aromatic carbocycles. The topological polar surface area (TPSA) is 120 Å². The fraction of sp³-hybridized carbons (Fsp3) is 0.677. The minimum absolute atomic E-state index is 0. The molecule has 42 heavy (non-hydrogen) atoms. The van der Waals surface area contributed by atoms with Gasteiger partial charge in [-0.1, -0.05) is 26.0 Å². The van der Waals surface area contributed by atoms with E-state index in [1.165, 1.54) is 12.7 Å². The van der Waals surface area contributed by atoms with E-state index in [0.29, 0.717) is 45.3 Å². The summed E-state index contributed by atoms with van der Waals surface area (Å²) in [5.41, 5.74) is 1.56. The molecule has 0 aliphatic carbocycles. The maximum atomic E-state index is 13.0. The summed E-state index contributed by atoms with van der Waals surface area (Å²) in [6.45, 7) is 11.0. The lowest BCUT2D eigenvalue weighted by molar-refractivity contribution is -0.165. The number of esters is 3. The van der Waals surface area contributed by atoms with Gasteiger partial charge in [0.1, 0.15) is 23.5 Å². The summed E-state index contributed by atoms with van der Waals surface area (Å²) in [4.78, 5) is 51.5. The van der Waals surface area contributed by atoms with Crippen LogP contribution in [0.15, 0.2) is 18.2 Å². The summed E-state index contributed by atoms with van der Waals surface area (Å²) < 4.78 is 21.9. The number of hydrogen-bond donors (Lipinski definition) is 1. The minimum atomic E-state index is -0.617. The highest BCUT2D eigenvalue weighted by Gasteiger charge is 2.33. The van der Waals surface area contributed by atoms with Gasteiger partial charge in [-0.3, -0.25) is 19.2 Å². The second-order valence-corrected chi connectivity index (χ2v) is 12.2. The summed E-state index contributed by atoms with van der Waals surface area (Å²) >= 11 is 0. The molecule has 1 aromatic rings. The number of benzene rings is 1. The third-order valence-corrected chi connectivity index (χ3v) is 7.40. The number of fused-ring (bicyclic) bond motifs is 1. The number of methoxy groups -OCH3 is 1. The first-order valence-electron chi connectivity index (χ1n) is 14.6. The highest BCUT2D eigenvalue weighted by Crippen LogP contribution is 2.30. The number of carbonyl (C=O) groups is 4. The SMILES string of the molecule is COC(=O)[C@@H]1C[C@@H](Oc2cccc3c2CN(C(=O)CCCCOC(=O)C[C@H](C(=O)OC(C)(C)C)C(C)C)CC3)CN1.Cl. The largest absolute Gasteiger partial charge is 0.489 e. The monoisotopic (exact) mass is 610 g/mol. The van der Waals surface area contributed by atoms with Crippen LogP contribution in [0.3, 0.4) is 0 Å².